The molecule has 4 N–H and O–H groups in total. The Morgan fingerprint density at radius 2 is 2.45 bits per heavy atom. The van der Waals surface area contributed by atoms with Gasteiger partial charge in [-0.15, -0.1) is 0 Å². The van der Waals surface area contributed by atoms with Crippen LogP contribution in [0.3, 0.4) is 0 Å². The summed E-state index contributed by atoms with van der Waals surface area (Å²) in [6.45, 7) is 2.52. The van der Waals surface area contributed by atoms with E-state index in [1.165, 1.54) is 0 Å². The molecule has 5 heteroatoms. The van der Waals surface area contributed by atoms with Gasteiger partial charge in [0.25, 0.3) is 0 Å². The molecular formula is C6H12N2O3. The Hall–Kier alpha value is -0.810. The molecule has 0 radical (unpaired) electrons. The van der Waals surface area contributed by atoms with Crippen LogP contribution in [0, 0.1) is 0 Å². The molecule has 0 aromatic carbocycles. The lowest BCUT2D eigenvalue weighted by Crippen LogP contribution is -2.49. The van der Waals surface area contributed by atoms with E-state index >= 15 is 0 Å². The SMILES string of the molecule is C[C@]1(O)CNC[C@@H]1NC(=O)O. The summed E-state index contributed by atoms with van der Waals surface area (Å²) in [5.41, 5.74) is -0.960. The number of nitrogens with one attached hydrogen (secondary N) is 2. The number of carboxylic acid groups (broad SMARTS) is 1. The van der Waals surface area contributed by atoms with Crippen LogP contribution in [0.15, 0.2) is 0 Å². The minimum Gasteiger partial charge on any atom is -0.465 e. The van der Waals surface area contributed by atoms with Crippen LogP contribution < -0.4 is 10.6 Å². The Morgan fingerprint density at radius 3 is 2.82 bits per heavy atom. The van der Waals surface area contributed by atoms with Gasteiger partial charge in [0, 0.05) is 13.1 Å². The van der Waals surface area contributed by atoms with E-state index in [-0.39, 0.29) is 0 Å². The highest BCUT2D eigenvalue weighted by molar-refractivity contribution is 5.65. The molecule has 0 spiro atoms. The normalized spacial score (nSPS) is 37.1. The van der Waals surface area contributed by atoms with Crippen molar-refractivity contribution in [1.82, 2.24) is 10.6 Å². The molecular weight excluding hydrogens is 148 g/mol. The summed E-state index contributed by atoms with van der Waals surface area (Å²) < 4.78 is 0. The molecule has 0 aromatic rings. The van der Waals surface area contributed by atoms with E-state index in [2.05, 4.69) is 10.6 Å². The fraction of sp³-hybridized carbons (Fsp3) is 0.833. The zero-order valence-corrected chi connectivity index (χ0v) is 6.29. The van der Waals surface area contributed by atoms with Gasteiger partial charge in [-0.05, 0) is 6.92 Å². The van der Waals surface area contributed by atoms with Crippen molar-refractivity contribution in [3.05, 3.63) is 0 Å². The van der Waals surface area contributed by atoms with E-state index in [1.807, 2.05) is 0 Å². The highest BCUT2D eigenvalue weighted by Gasteiger charge is 2.37. The van der Waals surface area contributed by atoms with Gasteiger partial charge in [-0.25, -0.2) is 4.79 Å². The van der Waals surface area contributed by atoms with Crippen LogP contribution in [0.5, 0.6) is 0 Å². The van der Waals surface area contributed by atoms with Gasteiger partial charge in [0.2, 0.25) is 0 Å². The Bertz CT molecular complexity index is 169. The molecule has 1 saturated heterocycles. The Kier molecular flexibility index (Phi) is 2.01. The Labute approximate surface area is 64.4 Å². The summed E-state index contributed by atoms with van der Waals surface area (Å²) in [7, 11) is 0. The molecule has 2 atom stereocenters. The fourth-order valence-corrected chi connectivity index (χ4v) is 1.17. The van der Waals surface area contributed by atoms with Crippen molar-refractivity contribution < 1.29 is 15.0 Å². The van der Waals surface area contributed by atoms with Gasteiger partial charge in [0.15, 0.2) is 0 Å². The third kappa shape index (κ3) is 1.81. The Balaban J connectivity index is 2.51. The molecule has 1 aliphatic rings. The average molecular weight is 160 g/mol. The van der Waals surface area contributed by atoms with Crippen molar-refractivity contribution in [2.75, 3.05) is 13.1 Å². The van der Waals surface area contributed by atoms with Crippen molar-refractivity contribution in [3.8, 4) is 0 Å². The van der Waals surface area contributed by atoms with Crippen molar-refractivity contribution in [2.45, 2.75) is 18.6 Å². The number of rotatable bonds is 1. The van der Waals surface area contributed by atoms with Gasteiger partial charge >= 0.3 is 6.09 Å². The second-order valence-corrected chi connectivity index (χ2v) is 2.99. The third-order valence-electron chi connectivity index (χ3n) is 1.88. The summed E-state index contributed by atoms with van der Waals surface area (Å²) in [5.74, 6) is 0. The van der Waals surface area contributed by atoms with Crippen LogP contribution >= 0.6 is 0 Å². The minimum absolute atomic E-state index is 0.403. The number of aliphatic hydroxyl groups is 1. The first-order chi connectivity index (χ1) is 5.02. The summed E-state index contributed by atoms with van der Waals surface area (Å²) in [4.78, 5) is 10.2. The molecule has 1 aliphatic heterocycles. The van der Waals surface area contributed by atoms with E-state index in [0.29, 0.717) is 13.1 Å². The van der Waals surface area contributed by atoms with E-state index in [0.717, 1.165) is 0 Å². The van der Waals surface area contributed by atoms with Crippen molar-refractivity contribution in [1.29, 1.82) is 0 Å². The van der Waals surface area contributed by atoms with Crippen LogP contribution in [0.25, 0.3) is 0 Å². The van der Waals surface area contributed by atoms with E-state index in [4.69, 9.17) is 5.11 Å². The topological polar surface area (TPSA) is 81.6 Å². The van der Waals surface area contributed by atoms with E-state index in [9.17, 15) is 9.90 Å². The smallest absolute Gasteiger partial charge is 0.405 e. The zero-order chi connectivity index (χ0) is 8.48. The summed E-state index contributed by atoms with van der Waals surface area (Å²) in [5, 5.41) is 23.0. The molecule has 1 fully saturated rings. The predicted octanol–water partition coefficient (Wildman–Crippen LogP) is -1.02. The van der Waals surface area contributed by atoms with E-state index in [1.54, 1.807) is 6.92 Å². The molecule has 0 unspecified atom stereocenters. The monoisotopic (exact) mass is 160 g/mol. The maximum Gasteiger partial charge on any atom is 0.405 e. The van der Waals surface area contributed by atoms with Crippen LogP contribution in [-0.2, 0) is 0 Å². The number of hydrogen-bond acceptors (Lipinski definition) is 3. The van der Waals surface area contributed by atoms with Crippen LogP contribution in [-0.4, -0.2) is 41.0 Å². The minimum atomic E-state index is -1.10. The van der Waals surface area contributed by atoms with Gasteiger partial charge in [-0.1, -0.05) is 0 Å². The lowest BCUT2D eigenvalue weighted by Gasteiger charge is -2.23. The highest BCUT2D eigenvalue weighted by Crippen LogP contribution is 2.13. The van der Waals surface area contributed by atoms with Crippen molar-refractivity contribution >= 4 is 6.09 Å². The first-order valence-electron chi connectivity index (χ1n) is 3.45. The lowest BCUT2D eigenvalue weighted by atomic mass is 10.0. The molecule has 64 valence electrons. The molecule has 1 rings (SSSR count). The molecule has 5 nitrogen and oxygen atoms in total. The van der Waals surface area contributed by atoms with Crippen LogP contribution in [0.2, 0.25) is 0 Å². The maximum atomic E-state index is 10.2. The molecule has 1 amide bonds. The molecule has 0 aromatic heterocycles. The number of β-amino-alcohol motifs (C(OH)–C–C–N with tert-alkyl or cyclic N) is 1. The fourth-order valence-electron chi connectivity index (χ4n) is 1.17. The van der Waals surface area contributed by atoms with Gasteiger partial charge in [0.05, 0.1) is 11.6 Å². The first-order valence-corrected chi connectivity index (χ1v) is 3.45. The second-order valence-electron chi connectivity index (χ2n) is 2.99. The summed E-state index contributed by atoms with van der Waals surface area (Å²) >= 11 is 0. The zero-order valence-electron chi connectivity index (χ0n) is 6.29. The second kappa shape index (κ2) is 2.67. The Morgan fingerprint density at radius 1 is 1.82 bits per heavy atom. The van der Waals surface area contributed by atoms with Crippen molar-refractivity contribution in [3.63, 3.8) is 0 Å². The quantitative estimate of drug-likeness (QED) is 0.395. The van der Waals surface area contributed by atoms with Crippen LogP contribution in [0.1, 0.15) is 6.92 Å². The highest BCUT2D eigenvalue weighted by atomic mass is 16.4. The average Bonchev–Trinajstić information content (AvgIpc) is 2.10. The number of amides is 1. The molecule has 0 bridgehead atoms. The standard InChI is InChI=1S/C6H12N2O3/c1-6(11)3-7-2-4(6)8-5(9)10/h4,7-8,11H,2-3H2,1H3,(H,9,10)/t4-,6-/m0/s1. The van der Waals surface area contributed by atoms with Crippen molar-refractivity contribution in [2.24, 2.45) is 0 Å². The van der Waals surface area contributed by atoms with Crippen LogP contribution in [0.4, 0.5) is 4.79 Å². The molecule has 0 saturated carbocycles. The maximum absolute atomic E-state index is 10.2. The number of hydrogen-bond donors (Lipinski definition) is 4. The van der Waals surface area contributed by atoms with Gasteiger partial charge in [0.1, 0.15) is 0 Å². The third-order valence-corrected chi connectivity index (χ3v) is 1.88. The predicted molar refractivity (Wildman–Crippen MR) is 38.4 cm³/mol. The summed E-state index contributed by atoms with van der Waals surface area (Å²) in [6.07, 6.45) is -1.10. The van der Waals surface area contributed by atoms with E-state index < -0.39 is 17.7 Å². The first kappa shape index (κ1) is 8.29. The lowest BCUT2D eigenvalue weighted by molar-refractivity contribution is 0.0531. The van der Waals surface area contributed by atoms with Gasteiger partial charge in [-0.3, -0.25) is 0 Å². The number of carbonyl (C=O) groups is 1. The largest absolute Gasteiger partial charge is 0.465 e. The molecule has 11 heavy (non-hydrogen) atoms. The summed E-state index contributed by atoms with van der Waals surface area (Å²) in [6, 6.07) is -0.403. The van der Waals surface area contributed by atoms with Gasteiger partial charge < -0.3 is 20.8 Å². The molecule has 1 heterocycles. The molecule has 0 aliphatic carbocycles. The van der Waals surface area contributed by atoms with Gasteiger partial charge in [-0.2, -0.15) is 0 Å².